The summed E-state index contributed by atoms with van der Waals surface area (Å²) in [7, 11) is -2.73. The number of hydrogen-bond acceptors (Lipinski definition) is 4. The smallest absolute Gasteiger partial charge is 0.224 e. The number of anilines is 1. The summed E-state index contributed by atoms with van der Waals surface area (Å²) in [6, 6.07) is 3.45. The maximum Gasteiger partial charge on any atom is 0.224 e. The molecule has 106 valence electrons. The summed E-state index contributed by atoms with van der Waals surface area (Å²) in [6.45, 7) is 1.70. The maximum absolute atomic E-state index is 12.9. The number of aromatic nitrogens is 2. The van der Waals surface area contributed by atoms with Gasteiger partial charge >= 0.3 is 0 Å². The number of pyridine rings is 1. The molecule has 1 atom stereocenters. The fourth-order valence-corrected chi connectivity index (χ4v) is 5.37. The van der Waals surface area contributed by atoms with E-state index in [1.54, 1.807) is 30.1 Å². The van der Waals surface area contributed by atoms with E-state index in [9.17, 15) is 4.57 Å². The number of nitrogens with zero attached hydrogens (tertiary/aromatic N) is 2. The van der Waals surface area contributed by atoms with Crippen molar-refractivity contribution < 1.29 is 4.57 Å². The molecule has 20 heavy (non-hydrogen) atoms. The average molecular weight is 328 g/mol. The van der Waals surface area contributed by atoms with E-state index in [0.717, 1.165) is 18.5 Å². The van der Waals surface area contributed by atoms with Crippen molar-refractivity contribution in [3.05, 3.63) is 33.9 Å². The van der Waals surface area contributed by atoms with Crippen molar-refractivity contribution in [2.75, 3.05) is 11.8 Å². The number of rotatable bonds is 3. The Hall–Kier alpha value is -0.900. The van der Waals surface area contributed by atoms with Gasteiger partial charge in [0, 0.05) is 17.7 Å². The third kappa shape index (κ3) is 2.90. The van der Waals surface area contributed by atoms with Gasteiger partial charge in [0.05, 0.1) is 10.7 Å². The second-order valence-electron chi connectivity index (χ2n) is 4.97. The quantitative estimate of drug-likeness (QED) is 0.873. The number of thiazole rings is 1. The fraction of sp³-hybridized carbons (Fsp3) is 0.385. The zero-order chi connectivity index (χ0) is 14.2. The molecule has 1 N–H and O–H groups in total. The minimum Gasteiger partial charge on any atom is -0.316 e. The van der Waals surface area contributed by atoms with Crippen molar-refractivity contribution in [2.24, 2.45) is 0 Å². The molecule has 0 aromatic carbocycles. The largest absolute Gasteiger partial charge is 0.316 e. The normalized spacial score (nSPS) is 17.3. The molecule has 2 heterocycles. The summed E-state index contributed by atoms with van der Waals surface area (Å²) in [5.74, 6) is 0.563. The molecule has 2 aromatic rings. The Bertz CT molecular complexity index is 647. The molecule has 0 radical (unpaired) electrons. The average Bonchev–Trinajstić information content (AvgIpc) is 2.86. The lowest BCUT2D eigenvalue weighted by Crippen LogP contribution is -2.11. The summed E-state index contributed by atoms with van der Waals surface area (Å²) >= 11 is 7.37. The number of hydrogen-bond donors (Lipinski definition) is 1. The summed E-state index contributed by atoms with van der Waals surface area (Å²) in [5, 5.41) is 3.57. The first kappa shape index (κ1) is 14.1. The van der Waals surface area contributed by atoms with E-state index >= 15 is 0 Å². The van der Waals surface area contributed by atoms with Gasteiger partial charge in [0.1, 0.15) is 5.82 Å². The van der Waals surface area contributed by atoms with E-state index in [4.69, 9.17) is 11.6 Å². The molecule has 4 nitrogen and oxygen atoms in total. The second kappa shape index (κ2) is 5.47. The Morgan fingerprint density at radius 2 is 2.15 bits per heavy atom. The molecule has 3 rings (SSSR count). The van der Waals surface area contributed by atoms with E-state index in [-0.39, 0.29) is 0 Å². The highest BCUT2D eigenvalue weighted by molar-refractivity contribution is 7.77. The van der Waals surface area contributed by atoms with Gasteiger partial charge in [0.15, 0.2) is 4.75 Å². The molecule has 2 aromatic heterocycles. The van der Waals surface area contributed by atoms with Crippen LogP contribution in [0.2, 0.25) is 5.02 Å². The van der Waals surface area contributed by atoms with Crippen molar-refractivity contribution >= 4 is 40.8 Å². The Morgan fingerprint density at radius 1 is 1.35 bits per heavy atom. The molecule has 0 spiro atoms. The van der Waals surface area contributed by atoms with Crippen molar-refractivity contribution in [2.45, 2.75) is 25.7 Å². The van der Waals surface area contributed by atoms with Gasteiger partial charge in [-0.2, -0.15) is 0 Å². The van der Waals surface area contributed by atoms with Gasteiger partial charge in [-0.15, -0.1) is 11.3 Å². The molecule has 1 aliphatic rings. The summed E-state index contributed by atoms with van der Waals surface area (Å²) in [4.78, 5) is 10.00. The van der Waals surface area contributed by atoms with Gasteiger partial charge in [-0.3, -0.25) is 4.57 Å². The van der Waals surface area contributed by atoms with Crippen molar-refractivity contribution in [1.82, 2.24) is 9.97 Å². The summed E-state index contributed by atoms with van der Waals surface area (Å²) in [5.41, 5.74) is 1.13. The molecule has 0 saturated carbocycles. The van der Waals surface area contributed by atoms with Crippen molar-refractivity contribution in [3.63, 3.8) is 0 Å². The first-order valence-electron chi connectivity index (χ1n) is 6.51. The molecular formula is C13H15ClN3OPS. The Labute approximate surface area is 127 Å². The standard InChI is InChI=1S/C13H15ClN3OPS/c1-19(18,17-12-7-6-9(14)8-15-12)13-16-10-4-2-3-5-11(10)20-13/h6-8H,2-5H2,1H3,(H,15,17,18)/t19-/m0/s1. The molecule has 0 bridgehead atoms. The van der Waals surface area contributed by atoms with Crippen molar-refractivity contribution in [3.8, 4) is 0 Å². The Kier molecular flexibility index (Phi) is 3.85. The Morgan fingerprint density at radius 3 is 2.85 bits per heavy atom. The van der Waals surface area contributed by atoms with Crippen LogP contribution in [-0.2, 0) is 17.4 Å². The van der Waals surface area contributed by atoms with Gasteiger partial charge < -0.3 is 5.09 Å². The minimum absolute atomic E-state index is 0.561. The molecule has 7 heteroatoms. The highest BCUT2D eigenvalue weighted by atomic mass is 35.5. The fourth-order valence-electron chi connectivity index (χ4n) is 2.23. The number of fused-ring (bicyclic) bond motifs is 1. The van der Waals surface area contributed by atoms with Crippen LogP contribution in [0.15, 0.2) is 18.3 Å². The van der Waals surface area contributed by atoms with Crippen LogP contribution in [0.25, 0.3) is 0 Å². The highest BCUT2D eigenvalue weighted by Crippen LogP contribution is 2.42. The SMILES string of the molecule is C[P@@](=O)(Nc1ccc(Cl)cn1)c1nc2c(s1)CCCC2. The predicted molar refractivity (Wildman–Crippen MR) is 84.8 cm³/mol. The zero-order valence-corrected chi connectivity index (χ0v) is 13.6. The van der Waals surface area contributed by atoms with Crippen LogP contribution >= 0.6 is 30.2 Å². The second-order valence-corrected chi connectivity index (χ2v) is 9.29. The minimum atomic E-state index is -2.73. The summed E-state index contributed by atoms with van der Waals surface area (Å²) < 4.78 is 13.5. The molecule has 0 fully saturated rings. The van der Waals surface area contributed by atoms with Crippen molar-refractivity contribution in [1.29, 1.82) is 0 Å². The molecule has 0 unspecified atom stereocenters. The van der Waals surface area contributed by atoms with Crippen LogP contribution in [0.4, 0.5) is 5.82 Å². The zero-order valence-electron chi connectivity index (χ0n) is 11.1. The van der Waals surface area contributed by atoms with Gasteiger partial charge in [-0.05, 0) is 37.8 Å². The predicted octanol–water partition coefficient (Wildman–Crippen LogP) is 3.72. The maximum atomic E-state index is 12.9. The van der Waals surface area contributed by atoms with Crippen LogP contribution in [0, 0.1) is 0 Å². The van der Waals surface area contributed by atoms with E-state index in [2.05, 4.69) is 15.1 Å². The van der Waals surface area contributed by atoms with Crippen LogP contribution in [0.1, 0.15) is 23.4 Å². The monoisotopic (exact) mass is 327 g/mol. The molecule has 0 aliphatic heterocycles. The van der Waals surface area contributed by atoms with Crippen LogP contribution in [0.3, 0.4) is 0 Å². The van der Waals surface area contributed by atoms with Crippen LogP contribution < -0.4 is 9.84 Å². The first-order valence-corrected chi connectivity index (χ1v) is 9.86. The van der Waals surface area contributed by atoms with Crippen LogP contribution in [-0.4, -0.2) is 16.6 Å². The summed E-state index contributed by atoms with van der Waals surface area (Å²) in [6.07, 6.45) is 5.99. The lowest BCUT2D eigenvalue weighted by molar-refractivity contribution is 0.587. The molecule has 1 aliphatic carbocycles. The third-order valence-electron chi connectivity index (χ3n) is 3.25. The van der Waals surface area contributed by atoms with Gasteiger partial charge in [0.25, 0.3) is 0 Å². The van der Waals surface area contributed by atoms with E-state index in [1.807, 2.05) is 0 Å². The lowest BCUT2D eigenvalue weighted by atomic mass is 10.0. The highest BCUT2D eigenvalue weighted by Gasteiger charge is 2.26. The van der Waals surface area contributed by atoms with E-state index in [0.29, 0.717) is 15.6 Å². The molecule has 0 amide bonds. The van der Waals surface area contributed by atoms with Crippen LogP contribution in [0.5, 0.6) is 0 Å². The topological polar surface area (TPSA) is 54.9 Å². The van der Waals surface area contributed by atoms with Gasteiger partial charge in [0.2, 0.25) is 7.29 Å². The number of aryl methyl sites for hydroxylation is 2. The van der Waals surface area contributed by atoms with Gasteiger partial charge in [-0.25, -0.2) is 9.97 Å². The number of nitrogens with one attached hydrogen (secondary N) is 1. The Balaban J connectivity index is 1.85. The lowest BCUT2D eigenvalue weighted by Gasteiger charge is -2.12. The van der Waals surface area contributed by atoms with Gasteiger partial charge in [-0.1, -0.05) is 11.6 Å². The first-order chi connectivity index (χ1) is 9.54. The van der Waals surface area contributed by atoms with E-state index < -0.39 is 7.29 Å². The van der Waals surface area contributed by atoms with E-state index in [1.165, 1.54) is 23.9 Å². The number of halogens is 1. The molecular weight excluding hydrogens is 313 g/mol. The molecule has 0 saturated heterocycles. The third-order valence-corrected chi connectivity index (χ3v) is 7.24.